The van der Waals surface area contributed by atoms with Gasteiger partial charge in [-0.3, -0.25) is 10.00 Å². The molecular formula is C21H26N6O2. The van der Waals surface area contributed by atoms with Gasteiger partial charge in [-0.2, -0.15) is 0 Å². The Labute approximate surface area is 170 Å². The predicted octanol–water partition coefficient (Wildman–Crippen LogP) is 4.63. The van der Waals surface area contributed by atoms with Crippen molar-refractivity contribution in [3.05, 3.63) is 54.7 Å². The number of pyridine rings is 1. The number of rotatable bonds is 7. The van der Waals surface area contributed by atoms with E-state index in [4.69, 9.17) is 4.74 Å². The van der Waals surface area contributed by atoms with Gasteiger partial charge in [0.25, 0.3) is 5.88 Å². The van der Waals surface area contributed by atoms with Crippen molar-refractivity contribution in [1.82, 2.24) is 14.8 Å². The minimum absolute atomic E-state index is 0.0316. The normalized spacial score (nSPS) is 11.8. The molecule has 0 radical (unpaired) electrons. The van der Waals surface area contributed by atoms with Crippen LogP contribution >= 0.6 is 0 Å². The quantitative estimate of drug-likeness (QED) is 0.543. The van der Waals surface area contributed by atoms with Gasteiger partial charge >= 0.3 is 6.03 Å². The molecule has 8 nitrogen and oxygen atoms in total. The van der Waals surface area contributed by atoms with E-state index >= 15 is 0 Å². The highest BCUT2D eigenvalue weighted by molar-refractivity contribution is 5.99. The van der Waals surface area contributed by atoms with Crippen LogP contribution in [0.4, 0.5) is 27.8 Å². The summed E-state index contributed by atoms with van der Waals surface area (Å²) in [5, 5.41) is 13.0. The van der Waals surface area contributed by atoms with Crippen LogP contribution in [0.1, 0.15) is 20.8 Å². The van der Waals surface area contributed by atoms with Crippen LogP contribution in [-0.2, 0) is 7.05 Å². The highest BCUT2D eigenvalue weighted by Crippen LogP contribution is 2.25. The second-order valence-electron chi connectivity index (χ2n) is 7.07. The number of hydrogen-bond donors (Lipinski definition) is 3. The molecule has 2 amide bonds. The summed E-state index contributed by atoms with van der Waals surface area (Å²) < 4.78 is 7.46. The standard InChI is InChI=1S/C21H26N6O2/c1-14(2)15(3)29-20-17(13-27(4)26-20)23-21(28)25-19-12-8-11-18(24-19)22-16-9-6-5-7-10-16/h5-15H,1-4H3,(H3,22,23,24,25,28). The van der Waals surface area contributed by atoms with Crippen LogP contribution in [0.2, 0.25) is 0 Å². The van der Waals surface area contributed by atoms with Crippen LogP contribution in [0.25, 0.3) is 0 Å². The van der Waals surface area contributed by atoms with Gasteiger partial charge in [-0.15, -0.1) is 5.10 Å². The highest BCUT2D eigenvalue weighted by Gasteiger charge is 2.17. The molecule has 1 aromatic carbocycles. The van der Waals surface area contributed by atoms with E-state index in [9.17, 15) is 4.79 Å². The van der Waals surface area contributed by atoms with Crippen LogP contribution < -0.4 is 20.7 Å². The SMILES string of the molecule is CC(C)C(C)Oc1nn(C)cc1NC(=O)Nc1cccc(Nc2ccccc2)n1. The second kappa shape index (κ2) is 9.09. The summed E-state index contributed by atoms with van der Waals surface area (Å²) in [6, 6.07) is 14.6. The van der Waals surface area contributed by atoms with Crippen LogP contribution in [-0.4, -0.2) is 26.9 Å². The van der Waals surface area contributed by atoms with Gasteiger partial charge in [-0.05, 0) is 37.1 Å². The molecule has 0 saturated carbocycles. The Bertz CT molecular complexity index is 955. The third kappa shape index (κ3) is 5.71. The summed E-state index contributed by atoms with van der Waals surface area (Å²) in [5.74, 6) is 1.76. The molecule has 3 N–H and O–H groups in total. The maximum absolute atomic E-state index is 12.5. The molecule has 8 heteroatoms. The molecule has 1 unspecified atom stereocenters. The van der Waals surface area contributed by atoms with Gasteiger partial charge in [-0.25, -0.2) is 9.78 Å². The summed E-state index contributed by atoms with van der Waals surface area (Å²) in [4.78, 5) is 16.9. The van der Waals surface area contributed by atoms with E-state index in [0.717, 1.165) is 5.69 Å². The van der Waals surface area contributed by atoms with E-state index < -0.39 is 6.03 Å². The molecule has 0 aliphatic heterocycles. The van der Waals surface area contributed by atoms with E-state index in [1.165, 1.54) is 0 Å². The van der Waals surface area contributed by atoms with E-state index in [0.29, 0.717) is 29.1 Å². The van der Waals surface area contributed by atoms with Crippen molar-refractivity contribution >= 4 is 29.0 Å². The molecule has 2 aromatic heterocycles. The Morgan fingerprint density at radius 2 is 1.72 bits per heavy atom. The van der Waals surface area contributed by atoms with E-state index in [-0.39, 0.29) is 6.10 Å². The van der Waals surface area contributed by atoms with Crippen molar-refractivity contribution in [3.63, 3.8) is 0 Å². The average Bonchev–Trinajstić information content (AvgIpc) is 3.01. The summed E-state index contributed by atoms with van der Waals surface area (Å²) in [7, 11) is 1.77. The minimum Gasteiger partial charge on any atom is -0.472 e. The highest BCUT2D eigenvalue weighted by atomic mass is 16.5. The maximum atomic E-state index is 12.5. The first kappa shape index (κ1) is 20.2. The van der Waals surface area contributed by atoms with Gasteiger partial charge < -0.3 is 15.4 Å². The number of aryl methyl sites for hydroxylation is 1. The molecule has 2 heterocycles. The van der Waals surface area contributed by atoms with Crippen LogP contribution in [0, 0.1) is 5.92 Å². The zero-order valence-corrected chi connectivity index (χ0v) is 17.0. The smallest absolute Gasteiger partial charge is 0.325 e. The van der Waals surface area contributed by atoms with Gasteiger partial charge in [0.15, 0.2) is 0 Å². The number of para-hydroxylation sites is 1. The van der Waals surface area contributed by atoms with Gasteiger partial charge in [-0.1, -0.05) is 38.1 Å². The van der Waals surface area contributed by atoms with E-state index in [1.807, 2.05) is 49.4 Å². The van der Waals surface area contributed by atoms with Gasteiger partial charge in [0, 0.05) is 12.7 Å². The molecule has 3 aromatic rings. The summed E-state index contributed by atoms with van der Waals surface area (Å²) in [6.45, 7) is 6.10. The van der Waals surface area contributed by atoms with Crippen molar-refractivity contribution in [1.29, 1.82) is 0 Å². The van der Waals surface area contributed by atoms with Crippen molar-refractivity contribution < 1.29 is 9.53 Å². The molecule has 0 fully saturated rings. The van der Waals surface area contributed by atoms with Crippen LogP contribution in [0.3, 0.4) is 0 Å². The molecule has 152 valence electrons. The Morgan fingerprint density at radius 3 is 2.45 bits per heavy atom. The molecule has 29 heavy (non-hydrogen) atoms. The fourth-order valence-corrected chi connectivity index (χ4v) is 2.47. The third-order valence-corrected chi connectivity index (χ3v) is 4.32. The largest absolute Gasteiger partial charge is 0.472 e. The average molecular weight is 394 g/mol. The predicted molar refractivity (Wildman–Crippen MR) is 115 cm³/mol. The van der Waals surface area contributed by atoms with Crippen LogP contribution in [0.5, 0.6) is 5.88 Å². The zero-order chi connectivity index (χ0) is 20.8. The van der Waals surface area contributed by atoms with Gasteiger partial charge in [0.2, 0.25) is 0 Å². The lowest BCUT2D eigenvalue weighted by Gasteiger charge is -2.17. The molecule has 0 aliphatic carbocycles. The number of carbonyl (C=O) groups is 1. The molecule has 1 atom stereocenters. The lowest BCUT2D eigenvalue weighted by atomic mass is 10.1. The number of anilines is 4. The van der Waals surface area contributed by atoms with E-state index in [2.05, 4.69) is 39.9 Å². The number of nitrogens with zero attached hydrogens (tertiary/aromatic N) is 3. The van der Waals surface area contributed by atoms with Crippen LogP contribution in [0.15, 0.2) is 54.7 Å². The fraction of sp³-hybridized carbons (Fsp3) is 0.286. The Morgan fingerprint density at radius 1 is 1.00 bits per heavy atom. The van der Waals surface area contributed by atoms with Gasteiger partial charge in [0.05, 0.1) is 6.20 Å². The third-order valence-electron chi connectivity index (χ3n) is 4.32. The summed E-state index contributed by atoms with van der Waals surface area (Å²) in [5.41, 5.74) is 1.41. The molecule has 0 bridgehead atoms. The topological polar surface area (TPSA) is 93.1 Å². The number of aromatic nitrogens is 3. The van der Waals surface area contributed by atoms with Gasteiger partial charge in [0.1, 0.15) is 23.4 Å². The zero-order valence-electron chi connectivity index (χ0n) is 17.0. The number of nitrogens with one attached hydrogen (secondary N) is 3. The van der Waals surface area contributed by atoms with Crippen molar-refractivity contribution in [2.75, 3.05) is 16.0 Å². The Balaban J connectivity index is 1.65. The number of ether oxygens (including phenoxy) is 1. The van der Waals surface area contributed by atoms with Crippen molar-refractivity contribution in [3.8, 4) is 5.88 Å². The fourth-order valence-electron chi connectivity index (χ4n) is 2.47. The minimum atomic E-state index is -0.426. The molecule has 0 aliphatic rings. The Kier molecular flexibility index (Phi) is 6.33. The number of urea groups is 1. The van der Waals surface area contributed by atoms with Crippen molar-refractivity contribution in [2.24, 2.45) is 13.0 Å². The first-order valence-electron chi connectivity index (χ1n) is 9.48. The number of benzene rings is 1. The number of carbonyl (C=O) groups excluding carboxylic acids is 1. The summed E-state index contributed by atoms with van der Waals surface area (Å²) in [6.07, 6.45) is 1.67. The number of amides is 2. The molecule has 0 saturated heterocycles. The second-order valence-corrected chi connectivity index (χ2v) is 7.07. The lowest BCUT2D eigenvalue weighted by molar-refractivity contribution is 0.163. The summed E-state index contributed by atoms with van der Waals surface area (Å²) >= 11 is 0. The first-order valence-corrected chi connectivity index (χ1v) is 9.48. The van der Waals surface area contributed by atoms with E-state index in [1.54, 1.807) is 24.0 Å². The Hall–Kier alpha value is -3.55. The molecule has 3 rings (SSSR count). The maximum Gasteiger partial charge on any atom is 0.325 e. The lowest BCUT2D eigenvalue weighted by Crippen LogP contribution is -2.22. The number of hydrogen-bond acceptors (Lipinski definition) is 5. The van der Waals surface area contributed by atoms with Crippen molar-refractivity contribution in [2.45, 2.75) is 26.9 Å². The molecular weight excluding hydrogens is 368 g/mol. The monoisotopic (exact) mass is 394 g/mol. The molecule has 0 spiro atoms. The first-order chi connectivity index (χ1) is 13.9.